The number of ether oxygens (including phenoxy) is 1. The van der Waals surface area contributed by atoms with E-state index in [-0.39, 0.29) is 5.54 Å². The Balaban J connectivity index is 1.82. The van der Waals surface area contributed by atoms with Crippen molar-refractivity contribution in [2.24, 2.45) is 17.1 Å². The molecule has 112 valence electrons. The average Bonchev–Trinajstić information content (AvgIpc) is 2.75. The monoisotopic (exact) mass is 267 g/mol. The Bertz CT molecular complexity index is 277. The van der Waals surface area contributed by atoms with E-state index in [0.717, 1.165) is 18.9 Å². The Labute approximate surface area is 119 Å². The van der Waals surface area contributed by atoms with Crippen LogP contribution >= 0.6 is 0 Å². The summed E-state index contributed by atoms with van der Waals surface area (Å²) < 4.78 is 5.74. The van der Waals surface area contributed by atoms with Crippen LogP contribution in [0.1, 0.15) is 78.6 Å². The minimum atomic E-state index is 0.0892. The molecule has 1 heterocycles. The number of nitrogens with two attached hydrogens (primary N) is 1. The highest BCUT2D eigenvalue weighted by Gasteiger charge is 2.34. The van der Waals surface area contributed by atoms with Gasteiger partial charge in [-0.05, 0) is 62.7 Å². The van der Waals surface area contributed by atoms with Gasteiger partial charge in [0, 0.05) is 12.1 Å². The summed E-state index contributed by atoms with van der Waals surface area (Å²) in [6.45, 7) is 8.11. The van der Waals surface area contributed by atoms with Crippen LogP contribution in [0.2, 0.25) is 0 Å². The fourth-order valence-corrected chi connectivity index (χ4v) is 3.87. The quantitative estimate of drug-likeness (QED) is 0.775. The second-order valence-corrected chi connectivity index (χ2v) is 8.03. The van der Waals surface area contributed by atoms with E-state index in [4.69, 9.17) is 10.5 Å². The van der Waals surface area contributed by atoms with Crippen molar-refractivity contribution in [3.63, 3.8) is 0 Å². The SMILES string of the molecule is CC(C)(C)C1CCCC(N)(CCC2CCCO2)CC1. The van der Waals surface area contributed by atoms with Crippen LogP contribution in [-0.4, -0.2) is 18.2 Å². The van der Waals surface area contributed by atoms with Crippen LogP contribution in [0.15, 0.2) is 0 Å². The minimum absolute atomic E-state index is 0.0892. The van der Waals surface area contributed by atoms with Gasteiger partial charge in [-0.2, -0.15) is 0 Å². The summed E-state index contributed by atoms with van der Waals surface area (Å²) in [5.74, 6) is 0.848. The van der Waals surface area contributed by atoms with E-state index in [0.29, 0.717) is 11.5 Å². The highest BCUT2D eigenvalue weighted by Crippen LogP contribution is 2.40. The normalized spacial score (nSPS) is 37.3. The molecule has 3 atom stereocenters. The van der Waals surface area contributed by atoms with Crippen LogP contribution in [0.5, 0.6) is 0 Å². The highest BCUT2D eigenvalue weighted by molar-refractivity contribution is 4.91. The molecule has 0 spiro atoms. The lowest BCUT2D eigenvalue weighted by Crippen LogP contribution is -2.40. The number of hydrogen-bond acceptors (Lipinski definition) is 2. The van der Waals surface area contributed by atoms with Crippen molar-refractivity contribution in [2.75, 3.05) is 6.61 Å². The van der Waals surface area contributed by atoms with Gasteiger partial charge in [-0.3, -0.25) is 0 Å². The third kappa shape index (κ3) is 4.46. The van der Waals surface area contributed by atoms with E-state index in [1.165, 1.54) is 51.4 Å². The van der Waals surface area contributed by atoms with E-state index >= 15 is 0 Å². The average molecular weight is 267 g/mol. The summed E-state index contributed by atoms with van der Waals surface area (Å²) in [5.41, 5.74) is 7.22. The summed E-state index contributed by atoms with van der Waals surface area (Å²) in [6, 6.07) is 0. The maximum absolute atomic E-state index is 6.69. The molecule has 2 aliphatic rings. The molecular weight excluding hydrogens is 234 g/mol. The largest absolute Gasteiger partial charge is 0.378 e. The summed E-state index contributed by atoms with van der Waals surface area (Å²) in [5, 5.41) is 0. The maximum atomic E-state index is 6.69. The molecule has 2 rings (SSSR count). The second kappa shape index (κ2) is 6.13. The van der Waals surface area contributed by atoms with Crippen molar-refractivity contribution < 1.29 is 4.74 Å². The maximum Gasteiger partial charge on any atom is 0.0576 e. The second-order valence-electron chi connectivity index (χ2n) is 8.03. The zero-order valence-corrected chi connectivity index (χ0v) is 13.2. The molecule has 0 aromatic heterocycles. The smallest absolute Gasteiger partial charge is 0.0576 e. The molecule has 0 bridgehead atoms. The minimum Gasteiger partial charge on any atom is -0.378 e. The standard InChI is InChI=1S/C17H33NO/c1-16(2,3)14-6-4-10-17(18,11-8-14)12-9-15-7-5-13-19-15/h14-15H,4-13,18H2,1-3H3. The Morgan fingerprint density at radius 2 is 1.89 bits per heavy atom. The molecule has 2 fully saturated rings. The predicted octanol–water partition coefficient (Wildman–Crippen LogP) is 4.27. The lowest BCUT2D eigenvalue weighted by molar-refractivity contribution is 0.0942. The lowest BCUT2D eigenvalue weighted by Gasteiger charge is -2.32. The lowest BCUT2D eigenvalue weighted by atomic mass is 9.76. The first-order chi connectivity index (χ1) is 8.89. The van der Waals surface area contributed by atoms with Crippen molar-refractivity contribution >= 4 is 0 Å². The molecule has 2 nitrogen and oxygen atoms in total. The molecular formula is C17H33NO. The fourth-order valence-electron chi connectivity index (χ4n) is 3.87. The van der Waals surface area contributed by atoms with Gasteiger partial charge < -0.3 is 10.5 Å². The van der Waals surface area contributed by atoms with Gasteiger partial charge in [0.05, 0.1) is 6.10 Å². The van der Waals surface area contributed by atoms with Gasteiger partial charge in [-0.1, -0.05) is 27.2 Å². The molecule has 0 aromatic rings. The molecule has 1 aliphatic heterocycles. The summed E-state index contributed by atoms with van der Waals surface area (Å²) in [4.78, 5) is 0. The predicted molar refractivity (Wildman–Crippen MR) is 81.2 cm³/mol. The van der Waals surface area contributed by atoms with Crippen LogP contribution in [0.4, 0.5) is 0 Å². The Kier molecular flexibility index (Phi) is 4.94. The number of hydrogen-bond donors (Lipinski definition) is 1. The molecule has 2 heteroatoms. The summed E-state index contributed by atoms with van der Waals surface area (Å²) in [7, 11) is 0. The van der Waals surface area contributed by atoms with E-state index < -0.39 is 0 Å². The molecule has 1 saturated heterocycles. The van der Waals surface area contributed by atoms with Gasteiger partial charge >= 0.3 is 0 Å². The molecule has 0 amide bonds. The Morgan fingerprint density at radius 1 is 1.11 bits per heavy atom. The zero-order valence-electron chi connectivity index (χ0n) is 13.2. The first-order valence-electron chi connectivity index (χ1n) is 8.30. The van der Waals surface area contributed by atoms with Crippen LogP contribution in [0.25, 0.3) is 0 Å². The van der Waals surface area contributed by atoms with Crippen molar-refractivity contribution in [1.82, 2.24) is 0 Å². The Morgan fingerprint density at radius 3 is 2.53 bits per heavy atom. The first kappa shape index (κ1) is 15.3. The van der Waals surface area contributed by atoms with Gasteiger partial charge in [-0.25, -0.2) is 0 Å². The van der Waals surface area contributed by atoms with Gasteiger partial charge in [-0.15, -0.1) is 0 Å². The molecule has 0 radical (unpaired) electrons. The van der Waals surface area contributed by atoms with Crippen molar-refractivity contribution in [3.05, 3.63) is 0 Å². The van der Waals surface area contributed by atoms with E-state index in [1.807, 2.05) is 0 Å². The van der Waals surface area contributed by atoms with E-state index in [1.54, 1.807) is 0 Å². The summed E-state index contributed by atoms with van der Waals surface area (Å²) in [6.07, 6.45) is 11.7. The van der Waals surface area contributed by atoms with Crippen LogP contribution in [0.3, 0.4) is 0 Å². The van der Waals surface area contributed by atoms with E-state index in [2.05, 4.69) is 20.8 Å². The number of rotatable bonds is 3. The van der Waals surface area contributed by atoms with Crippen LogP contribution in [0, 0.1) is 11.3 Å². The van der Waals surface area contributed by atoms with Gasteiger partial charge in [0.15, 0.2) is 0 Å². The van der Waals surface area contributed by atoms with Crippen molar-refractivity contribution in [1.29, 1.82) is 0 Å². The highest BCUT2D eigenvalue weighted by atomic mass is 16.5. The van der Waals surface area contributed by atoms with Gasteiger partial charge in [0.2, 0.25) is 0 Å². The first-order valence-corrected chi connectivity index (χ1v) is 8.30. The topological polar surface area (TPSA) is 35.2 Å². The Hall–Kier alpha value is -0.0800. The van der Waals surface area contributed by atoms with Crippen LogP contribution < -0.4 is 5.73 Å². The fraction of sp³-hybridized carbons (Fsp3) is 1.00. The molecule has 19 heavy (non-hydrogen) atoms. The third-order valence-corrected chi connectivity index (χ3v) is 5.43. The van der Waals surface area contributed by atoms with Crippen LogP contribution in [-0.2, 0) is 4.74 Å². The molecule has 0 aromatic carbocycles. The van der Waals surface area contributed by atoms with Gasteiger partial charge in [0.1, 0.15) is 0 Å². The molecule has 1 saturated carbocycles. The zero-order chi connectivity index (χ0) is 13.9. The summed E-state index contributed by atoms with van der Waals surface area (Å²) >= 11 is 0. The molecule has 2 N–H and O–H groups in total. The third-order valence-electron chi connectivity index (χ3n) is 5.43. The molecule has 3 unspecified atom stereocenters. The van der Waals surface area contributed by atoms with Crippen molar-refractivity contribution in [3.8, 4) is 0 Å². The molecule has 1 aliphatic carbocycles. The van der Waals surface area contributed by atoms with E-state index in [9.17, 15) is 0 Å². The van der Waals surface area contributed by atoms with Gasteiger partial charge in [0.25, 0.3) is 0 Å². The van der Waals surface area contributed by atoms with Crippen molar-refractivity contribution in [2.45, 2.75) is 90.2 Å².